The van der Waals surface area contributed by atoms with Gasteiger partial charge < -0.3 is 9.47 Å². The molecule has 0 saturated carbocycles. The van der Waals surface area contributed by atoms with E-state index in [1.165, 1.54) is 7.11 Å². The fraction of sp³-hybridized carbons (Fsp3) is 0.294. The van der Waals surface area contributed by atoms with Crippen LogP contribution in [0.5, 0.6) is 5.88 Å². The van der Waals surface area contributed by atoms with E-state index < -0.39 is 10.0 Å². The average molecular weight is 361 g/mol. The van der Waals surface area contributed by atoms with Gasteiger partial charge in [-0.15, -0.1) is 0 Å². The number of pyridine rings is 2. The Balaban J connectivity index is 1.99. The van der Waals surface area contributed by atoms with E-state index in [1.54, 1.807) is 37.5 Å². The Bertz CT molecular complexity index is 910. The molecule has 0 aliphatic carbocycles. The number of nitrogens with one attached hydrogen (secondary N) is 1. The molecular weight excluding hydrogens is 342 g/mol. The van der Waals surface area contributed by atoms with Crippen molar-refractivity contribution in [2.75, 3.05) is 25.0 Å². The second kappa shape index (κ2) is 7.20. The number of nitrogens with zero attached hydrogens (tertiary/aromatic N) is 2. The number of ether oxygens (including phenoxy) is 2. The van der Waals surface area contributed by atoms with Gasteiger partial charge in [0.15, 0.2) is 0 Å². The minimum atomic E-state index is -3.86. The molecule has 0 spiro atoms. The van der Waals surface area contributed by atoms with E-state index in [-0.39, 0.29) is 10.8 Å². The lowest BCUT2D eigenvalue weighted by Gasteiger charge is -2.16. The van der Waals surface area contributed by atoms with Crippen molar-refractivity contribution in [3.05, 3.63) is 47.9 Å². The smallest absolute Gasteiger partial charge is 0.267 e. The molecule has 0 bridgehead atoms. The Kier molecular flexibility index (Phi) is 5.00. The molecule has 25 heavy (non-hydrogen) atoms. The molecule has 0 unspecified atom stereocenters. The van der Waals surface area contributed by atoms with Crippen LogP contribution in [0.3, 0.4) is 0 Å². The first-order valence-corrected chi connectivity index (χ1v) is 9.24. The maximum absolute atomic E-state index is 12.8. The fourth-order valence-corrected chi connectivity index (χ4v) is 3.76. The van der Waals surface area contributed by atoms with E-state index in [1.807, 2.05) is 6.08 Å². The van der Waals surface area contributed by atoms with Crippen LogP contribution < -0.4 is 9.46 Å². The molecule has 0 radical (unpaired) electrons. The van der Waals surface area contributed by atoms with Gasteiger partial charge in [-0.2, -0.15) is 0 Å². The van der Waals surface area contributed by atoms with E-state index in [2.05, 4.69) is 14.7 Å². The van der Waals surface area contributed by atoms with Gasteiger partial charge in [0, 0.05) is 18.1 Å². The van der Waals surface area contributed by atoms with Gasteiger partial charge in [-0.1, -0.05) is 6.08 Å². The predicted molar refractivity (Wildman–Crippen MR) is 94.0 cm³/mol. The zero-order valence-corrected chi connectivity index (χ0v) is 14.8. The minimum absolute atomic E-state index is 0.00522. The Labute approximate surface area is 146 Å². The third-order valence-corrected chi connectivity index (χ3v) is 5.16. The molecule has 2 aromatic rings. The fourth-order valence-electron chi connectivity index (χ4n) is 2.56. The van der Waals surface area contributed by atoms with Crippen LogP contribution in [0, 0.1) is 6.92 Å². The van der Waals surface area contributed by atoms with Crippen molar-refractivity contribution in [2.24, 2.45) is 0 Å². The first-order valence-electron chi connectivity index (χ1n) is 7.76. The molecule has 0 amide bonds. The molecule has 132 valence electrons. The van der Waals surface area contributed by atoms with Crippen molar-refractivity contribution < 1.29 is 17.9 Å². The summed E-state index contributed by atoms with van der Waals surface area (Å²) in [7, 11) is -2.46. The van der Waals surface area contributed by atoms with Crippen LogP contribution in [0.15, 0.2) is 41.6 Å². The molecule has 7 nitrogen and oxygen atoms in total. The summed E-state index contributed by atoms with van der Waals surface area (Å²) in [6.07, 6.45) is 5.81. The summed E-state index contributed by atoms with van der Waals surface area (Å²) >= 11 is 0. The average Bonchev–Trinajstić information content (AvgIpc) is 2.61. The van der Waals surface area contributed by atoms with Gasteiger partial charge in [-0.05, 0) is 42.7 Å². The Morgan fingerprint density at radius 3 is 2.80 bits per heavy atom. The molecule has 1 aliphatic rings. The summed E-state index contributed by atoms with van der Waals surface area (Å²) in [6.45, 7) is 2.91. The molecule has 1 aliphatic heterocycles. The number of aryl methyl sites for hydroxylation is 1. The van der Waals surface area contributed by atoms with Crippen molar-refractivity contribution >= 4 is 21.3 Å². The molecule has 1 N–H and O–H groups in total. The summed E-state index contributed by atoms with van der Waals surface area (Å²) in [4.78, 5) is 8.22. The van der Waals surface area contributed by atoms with Gasteiger partial charge >= 0.3 is 0 Å². The maximum Gasteiger partial charge on any atom is 0.267 e. The molecule has 0 saturated heterocycles. The summed E-state index contributed by atoms with van der Waals surface area (Å²) < 4.78 is 38.7. The Morgan fingerprint density at radius 1 is 1.28 bits per heavy atom. The Morgan fingerprint density at radius 2 is 2.12 bits per heavy atom. The zero-order chi connectivity index (χ0) is 17.9. The SMILES string of the molecule is COc1ncc(C2=CCOCC2)cc1S(=O)(=O)Nc1ccnc(C)c1. The molecule has 3 rings (SSSR count). The van der Waals surface area contributed by atoms with Crippen molar-refractivity contribution in [3.8, 4) is 5.88 Å². The lowest BCUT2D eigenvalue weighted by atomic mass is 10.0. The summed E-state index contributed by atoms with van der Waals surface area (Å²) in [5, 5.41) is 0. The highest BCUT2D eigenvalue weighted by Crippen LogP contribution is 2.29. The number of hydrogen-bond acceptors (Lipinski definition) is 6. The predicted octanol–water partition coefficient (Wildman–Crippen LogP) is 2.40. The van der Waals surface area contributed by atoms with E-state index in [9.17, 15) is 8.42 Å². The van der Waals surface area contributed by atoms with Crippen LogP contribution in [0.25, 0.3) is 5.57 Å². The molecule has 2 aromatic heterocycles. The van der Waals surface area contributed by atoms with Crippen LogP contribution in [0.2, 0.25) is 0 Å². The monoisotopic (exact) mass is 361 g/mol. The molecule has 3 heterocycles. The third kappa shape index (κ3) is 3.97. The van der Waals surface area contributed by atoms with Gasteiger partial charge in [0.1, 0.15) is 4.90 Å². The van der Waals surface area contributed by atoms with Crippen LogP contribution >= 0.6 is 0 Å². The molecule has 8 heteroatoms. The highest BCUT2D eigenvalue weighted by atomic mass is 32.2. The summed E-state index contributed by atoms with van der Waals surface area (Å²) in [6, 6.07) is 4.83. The largest absolute Gasteiger partial charge is 0.480 e. The summed E-state index contributed by atoms with van der Waals surface area (Å²) in [5.74, 6) is 0.0506. The Hall–Kier alpha value is -2.45. The highest BCUT2D eigenvalue weighted by Gasteiger charge is 2.23. The minimum Gasteiger partial charge on any atom is -0.480 e. The molecule has 0 fully saturated rings. The van der Waals surface area contributed by atoms with Gasteiger partial charge in [0.2, 0.25) is 5.88 Å². The number of hydrogen-bond donors (Lipinski definition) is 1. The van der Waals surface area contributed by atoms with Gasteiger partial charge in [0.25, 0.3) is 10.0 Å². The van der Waals surface area contributed by atoms with Crippen LogP contribution in [-0.2, 0) is 14.8 Å². The number of anilines is 1. The topological polar surface area (TPSA) is 90.4 Å². The van der Waals surface area contributed by atoms with Gasteiger partial charge in [0.05, 0.1) is 26.0 Å². The highest BCUT2D eigenvalue weighted by molar-refractivity contribution is 7.92. The van der Waals surface area contributed by atoms with Crippen LogP contribution in [-0.4, -0.2) is 38.7 Å². The lowest BCUT2D eigenvalue weighted by molar-refractivity contribution is 0.161. The molecule has 0 aromatic carbocycles. The molecular formula is C17H19N3O4S. The van der Waals surface area contributed by atoms with E-state index in [4.69, 9.17) is 9.47 Å². The van der Waals surface area contributed by atoms with Crippen molar-refractivity contribution in [1.29, 1.82) is 0 Å². The van der Waals surface area contributed by atoms with Gasteiger partial charge in [-0.25, -0.2) is 13.4 Å². The van der Waals surface area contributed by atoms with Crippen molar-refractivity contribution in [3.63, 3.8) is 0 Å². The van der Waals surface area contributed by atoms with E-state index >= 15 is 0 Å². The van der Waals surface area contributed by atoms with E-state index in [0.29, 0.717) is 31.0 Å². The lowest BCUT2D eigenvalue weighted by Crippen LogP contribution is -2.15. The number of methoxy groups -OCH3 is 1. The number of aromatic nitrogens is 2. The normalized spacial score (nSPS) is 14.7. The van der Waals surface area contributed by atoms with Crippen molar-refractivity contribution in [1.82, 2.24) is 9.97 Å². The van der Waals surface area contributed by atoms with Crippen molar-refractivity contribution in [2.45, 2.75) is 18.2 Å². The van der Waals surface area contributed by atoms with Crippen LogP contribution in [0.4, 0.5) is 5.69 Å². The summed E-state index contributed by atoms with van der Waals surface area (Å²) in [5.41, 5.74) is 2.91. The quantitative estimate of drug-likeness (QED) is 0.879. The second-order valence-electron chi connectivity index (χ2n) is 5.58. The maximum atomic E-state index is 12.8. The number of sulfonamides is 1. The molecule has 0 atom stereocenters. The van der Waals surface area contributed by atoms with E-state index in [0.717, 1.165) is 11.1 Å². The third-order valence-electron chi connectivity index (χ3n) is 3.78. The van der Waals surface area contributed by atoms with Gasteiger partial charge in [-0.3, -0.25) is 9.71 Å². The van der Waals surface area contributed by atoms with Crippen LogP contribution in [0.1, 0.15) is 17.7 Å². The number of rotatable bonds is 5. The standard InChI is InChI=1S/C17H19N3O4S/c1-12-9-15(3-6-18-12)20-25(21,22)16-10-14(11-19-17(16)23-2)13-4-7-24-8-5-13/h3-4,6,9-11H,5,7-8H2,1-2H3,(H,18,20). The first kappa shape index (κ1) is 17.4. The first-order chi connectivity index (χ1) is 12.0. The zero-order valence-electron chi connectivity index (χ0n) is 14.0. The second-order valence-corrected chi connectivity index (χ2v) is 7.23.